The molecule has 2 rings (SSSR count). The second kappa shape index (κ2) is 1.75. The lowest BCUT2D eigenvalue weighted by atomic mass is 9.76. The van der Waals surface area contributed by atoms with E-state index in [4.69, 9.17) is 0 Å². The molecule has 0 atom stereocenters. The number of carbonyl (C=O) groups excluding carboxylic acids is 2. The zero-order valence-corrected chi connectivity index (χ0v) is 6.39. The maximum atomic E-state index is 11.2. The van der Waals surface area contributed by atoms with Gasteiger partial charge < -0.3 is 4.90 Å². The monoisotopic (exact) mass is 154 g/mol. The summed E-state index contributed by atoms with van der Waals surface area (Å²) in [5.74, 6) is -0.115. The maximum absolute atomic E-state index is 11.2. The zero-order valence-electron chi connectivity index (χ0n) is 6.39. The lowest BCUT2D eigenvalue weighted by molar-refractivity contribution is -0.130. The van der Waals surface area contributed by atoms with E-state index in [0.29, 0.717) is 0 Å². The van der Waals surface area contributed by atoms with Crippen LogP contribution in [0.15, 0.2) is 0 Å². The Kier molecular flexibility index (Phi) is 1.06. The number of nitrogens with zero attached hydrogens (tertiary/aromatic N) is 1. The molecule has 0 unspecified atom stereocenters. The van der Waals surface area contributed by atoms with Gasteiger partial charge in [0, 0.05) is 7.05 Å². The van der Waals surface area contributed by atoms with E-state index in [1.54, 1.807) is 7.05 Å². The highest BCUT2D eigenvalue weighted by molar-refractivity contribution is 6.07. The molecule has 1 spiro atoms. The lowest BCUT2D eigenvalue weighted by Gasteiger charge is -2.40. The van der Waals surface area contributed by atoms with Crippen molar-refractivity contribution < 1.29 is 9.59 Å². The molecule has 0 bridgehead atoms. The van der Waals surface area contributed by atoms with Crippen LogP contribution in [0, 0.1) is 0 Å². The zero-order chi connectivity index (χ0) is 8.06. The van der Waals surface area contributed by atoms with Gasteiger partial charge in [0.2, 0.25) is 0 Å². The molecule has 0 radical (unpaired) electrons. The van der Waals surface area contributed by atoms with E-state index in [1.165, 1.54) is 4.90 Å². The summed E-state index contributed by atoms with van der Waals surface area (Å²) in [6.45, 7) is 0. The van der Waals surface area contributed by atoms with Crippen molar-refractivity contribution in [2.24, 2.45) is 0 Å². The van der Waals surface area contributed by atoms with E-state index in [1.807, 2.05) is 0 Å². The van der Waals surface area contributed by atoms with Crippen LogP contribution in [-0.4, -0.2) is 29.4 Å². The Labute approximate surface area is 64.5 Å². The first-order chi connectivity index (χ1) is 5.17. The summed E-state index contributed by atoms with van der Waals surface area (Å²) in [6, 6.07) is -0.255. The molecule has 1 N–H and O–H groups in total. The van der Waals surface area contributed by atoms with Gasteiger partial charge in [-0.25, -0.2) is 4.79 Å². The molecule has 1 saturated carbocycles. The van der Waals surface area contributed by atoms with Crippen molar-refractivity contribution in [3.8, 4) is 0 Å². The molecule has 2 aliphatic rings. The van der Waals surface area contributed by atoms with Crippen LogP contribution in [0.3, 0.4) is 0 Å². The minimum Gasteiger partial charge on any atom is -0.313 e. The molecule has 60 valence electrons. The second-order valence-electron chi connectivity index (χ2n) is 3.20. The average Bonchev–Trinajstić information content (AvgIpc) is 2.03. The van der Waals surface area contributed by atoms with Crippen molar-refractivity contribution in [1.29, 1.82) is 0 Å². The normalized spacial score (nSPS) is 27.2. The molecule has 2 fully saturated rings. The van der Waals surface area contributed by atoms with Crippen LogP contribution in [0.5, 0.6) is 0 Å². The van der Waals surface area contributed by atoms with Crippen LogP contribution < -0.4 is 5.32 Å². The maximum Gasteiger partial charge on any atom is 0.324 e. The van der Waals surface area contributed by atoms with Gasteiger partial charge in [0.15, 0.2) is 0 Å². The number of nitrogens with one attached hydrogen (secondary N) is 1. The van der Waals surface area contributed by atoms with Gasteiger partial charge in [0.25, 0.3) is 5.91 Å². The topological polar surface area (TPSA) is 49.4 Å². The molecule has 1 heterocycles. The Morgan fingerprint density at radius 1 is 1.45 bits per heavy atom. The molecule has 4 nitrogen and oxygen atoms in total. The van der Waals surface area contributed by atoms with E-state index in [-0.39, 0.29) is 11.9 Å². The minimum absolute atomic E-state index is 0.115. The Balaban J connectivity index is 2.32. The quantitative estimate of drug-likeness (QED) is 0.503. The highest BCUT2D eigenvalue weighted by Crippen LogP contribution is 2.39. The van der Waals surface area contributed by atoms with E-state index >= 15 is 0 Å². The van der Waals surface area contributed by atoms with Crippen molar-refractivity contribution >= 4 is 11.9 Å². The Morgan fingerprint density at radius 2 is 2.09 bits per heavy atom. The van der Waals surface area contributed by atoms with Gasteiger partial charge in [-0.1, -0.05) is 0 Å². The van der Waals surface area contributed by atoms with Crippen molar-refractivity contribution in [2.45, 2.75) is 24.8 Å². The van der Waals surface area contributed by atoms with Crippen LogP contribution in [0.1, 0.15) is 19.3 Å². The van der Waals surface area contributed by atoms with Crippen LogP contribution >= 0.6 is 0 Å². The molecule has 1 aliphatic carbocycles. The number of carbonyl (C=O) groups is 2. The Hall–Kier alpha value is -1.06. The third kappa shape index (κ3) is 0.593. The molecule has 0 aromatic carbocycles. The third-order valence-electron chi connectivity index (χ3n) is 2.77. The molecule has 4 heteroatoms. The van der Waals surface area contributed by atoms with E-state index in [0.717, 1.165) is 19.3 Å². The largest absolute Gasteiger partial charge is 0.324 e. The summed E-state index contributed by atoms with van der Waals surface area (Å²) >= 11 is 0. The molecule has 1 saturated heterocycles. The van der Waals surface area contributed by atoms with Crippen molar-refractivity contribution in [1.82, 2.24) is 10.2 Å². The van der Waals surface area contributed by atoms with Crippen molar-refractivity contribution in [2.75, 3.05) is 7.05 Å². The molecule has 0 aromatic rings. The fourth-order valence-corrected chi connectivity index (χ4v) is 1.72. The fourth-order valence-electron chi connectivity index (χ4n) is 1.72. The fraction of sp³-hybridized carbons (Fsp3) is 0.714. The number of urea groups is 1. The molecular weight excluding hydrogens is 144 g/mol. The summed E-state index contributed by atoms with van der Waals surface area (Å²) in [4.78, 5) is 23.7. The minimum atomic E-state index is -0.461. The first-order valence-corrected chi connectivity index (χ1v) is 3.76. The average molecular weight is 154 g/mol. The van der Waals surface area contributed by atoms with Crippen LogP contribution in [0.4, 0.5) is 4.79 Å². The number of likely N-dealkylation sites (N-methyl/N-ethyl adjacent to an activating group) is 1. The highest BCUT2D eigenvalue weighted by atomic mass is 16.2. The third-order valence-corrected chi connectivity index (χ3v) is 2.77. The molecule has 3 amide bonds. The summed E-state index contributed by atoms with van der Waals surface area (Å²) < 4.78 is 0. The molecule has 11 heavy (non-hydrogen) atoms. The van der Waals surface area contributed by atoms with Crippen LogP contribution in [0.2, 0.25) is 0 Å². The number of rotatable bonds is 0. The van der Waals surface area contributed by atoms with Gasteiger partial charge in [-0.3, -0.25) is 10.1 Å². The van der Waals surface area contributed by atoms with Crippen LogP contribution in [0.25, 0.3) is 0 Å². The molecule has 0 aromatic heterocycles. The van der Waals surface area contributed by atoms with E-state index in [2.05, 4.69) is 5.32 Å². The van der Waals surface area contributed by atoms with Gasteiger partial charge in [0.1, 0.15) is 5.54 Å². The first kappa shape index (κ1) is 6.64. The molecule has 1 aliphatic heterocycles. The van der Waals surface area contributed by atoms with E-state index < -0.39 is 5.54 Å². The summed E-state index contributed by atoms with van der Waals surface area (Å²) in [6.07, 6.45) is 2.69. The first-order valence-electron chi connectivity index (χ1n) is 3.76. The van der Waals surface area contributed by atoms with Gasteiger partial charge >= 0.3 is 6.03 Å². The van der Waals surface area contributed by atoms with Crippen molar-refractivity contribution in [3.05, 3.63) is 0 Å². The number of hydrogen-bond acceptors (Lipinski definition) is 2. The smallest absolute Gasteiger partial charge is 0.313 e. The van der Waals surface area contributed by atoms with Gasteiger partial charge in [-0.15, -0.1) is 0 Å². The summed E-state index contributed by atoms with van der Waals surface area (Å²) in [7, 11) is 1.68. The van der Waals surface area contributed by atoms with Gasteiger partial charge in [0.05, 0.1) is 0 Å². The van der Waals surface area contributed by atoms with E-state index in [9.17, 15) is 9.59 Å². The predicted molar refractivity (Wildman–Crippen MR) is 37.9 cm³/mol. The standard InChI is InChI=1S/C7H10N2O2/c1-9-6(11)8-5(10)7(9)3-2-4-7/h2-4H2,1H3,(H,8,10,11). The number of hydrogen-bond donors (Lipinski definition) is 1. The SMILES string of the molecule is CN1C(=O)NC(=O)C12CCC2. The number of imide groups is 1. The molecular formula is C7H10N2O2. The Bertz CT molecular complexity index is 233. The lowest BCUT2D eigenvalue weighted by Crippen LogP contribution is -2.53. The summed E-state index contributed by atoms with van der Waals surface area (Å²) in [5.41, 5.74) is -0.461. The summed E-state index contributed by atoms with van der Waals surface area (Å²) in [5, 5.41) is 2.31. The number of amides is 3. The predicted octanol–water partition coefficient (Wildman–Crippen LogP) is 0.0907. The highest BCUT2D eigenvalue weighted by Gasteiger charge is 2.54. The van der Waals surface area contributed by atoms with Crippen LogP contribution in [-0.2, 0) is 4.79 Å². The Morgan fingerprint density at radius 3 is 2.27 bits per heavy atom. The van der Waals surface area contributed by atoms with Gasteiger partial charge in [-0.2, -0.15) is 0 Å². The second-order valence-corrected chi connectivity index (χ2v) is 3.20. The van der Waals surface area contributed by atoms with Gasteiger partial charge in [-0.05, 0) is 19.3 Å². The van der Waals surface area contributed by atoms with Crippen molar-refractivity contribution in [3.63, 3.8) is 0 Å².